The molecular weight excluding hydrogens is 214 g/mol. The van der Waals surface area contributed by atoms with Crippen LogP contribution in [0.25, 0.3) is 0 Å². The molecule has 0 saturated heterocycles. The number of carbonyl (C=O) groups is 1. The van der Waals surface area contributed by atoms with E-state index in [-0.39, 0.29) is 11.9 Å². The van der Waals surface area contributed by atoms with E-state index < -0.39 is 0 Å². The maximum Gasteiger partial charge on any atom is 0.220 e. The van der Waals surface area contributed by atoms with Gasteiger partial charge in [-0.1, -0.05) is 12.2 Å². The van der Waals surface area contributed by atoms with Crippen molar-refractivity contribution in [3.63, 3.8) is 0 Å². The van der Waals surface area contributed by atoms with E-state index in [9.17, 15) is 4.79 Å². The molecular formula is C13H19N3O. The first-order valence-electron chi connectivity index (χ1n) is 6.17. The number of nitrogens with zero attached hydrogens (tertiary/aromatic N) is 2. The van der Waals surface area contributed by atoms with E-state index in [1.807, 2.05) is 23.9 Å². The highest BCUT2D eigenvalue weighted by atomic mass is 16.1. The van der Waals surface area contributed by atoms with Crippen LogP contribution < -0.4 is 5.32 Å². The minimum Gasteiger partial charge on any atom is -0.352 e. The molecule has 1 heterocycles. The Bertz CT molecular complexity index is 383. The Labute approximate surface area is 102 Å². The highest BCUT2D eigenvalue weighted by Crippen LogP contribution is 2.19. The lowest BCUT2D eigenvalue weighted by molar-refractivity contribution is -0.122. The Morgan fingerprint density at radius 1 is 1.65 bits per heavy atom. The van der Waals surface area contributed by atoms with Gasteiger partial charge in [-0.15, -0.1) is 0 Å². The zero-order valence-corrected chi connectivity index (χ0v) is 10.2. The van der Waals surface area contributed by atoms with Crippen LogP contribution in [0.5, 0.6) is 0 Å². The molecule has 1 amide bonds. The number of rotatable bonds is 5. The number of amides is 1. The van der Waals surface area contributed by atoms with Gasteiger partial charge in [0, 0.05) is 24.9 Å². The van der Waals surface area contributed by atoms with Gasteiger partial charge in [-0.3, -0.25) is 9.48 Å². The van der Waals surface area contributed by atoms with Gasteiger partial charge in [-0.25, -0.2) is 0 Å². The summed E-state index contributed by atoms with van der Waals surface area (Å²) in [5.74, 6) is 0.577. The predicted molar refractivity (Wildman–Crippen MR) is 66.3 cm³/mol. The fourth-order valence-electron chi connectivity index (χ4n) is 2.17. The largest absolute Gasteiger partial charge is 0.352 e. The Balaban J connectivity index is 1.72. The van der Waals surface area contributed by atoms with Crippen LogP contribution in [0.4, 0.5) is 0 Å². The van der Waals surface area contributed by atoms with E-state index >= 15 is 0 Å². The Hall–Kier alpha value is -1.58. The smallest absolute Gasteiger partial charge is 0.220 e. The van der Waals surface area contributed by atoms with Gasteiger partial charge in [0.15, 0.2) is 0 Å². The van der Waals surface area contributed by atoms with Crippen molar-refractivity contribution < 1.29 is 4.79 Å². The summed E-state index contributed by atoms with van der Waals surface area (Å²) in [5.41, 5.74) is 0. The average molecular weight is 233 g/mol. The number of hydrogen-bond acceptors (Lipinski definition) is 2. The van der Waals surface area contributed by atoms with Gasteiger partial charge in [0.05, 0.1) is 6.54 Å². The molecule has 0 bridgehead atoms. The van der Waals surface area contributed by atoms with Gasteiger partial charge < -0.3 is 5.32 Å². The predicted octanol–water partition coefficient (Wildman–Crippen LogP) is 1.74. The van der Waals surface area contributed by atoms with Crippen molar-refractivity contribution in [2.45, 2.75) is 38.8 Å². The molecule has 4 heteroatoms. The van der Waals surface area contributed by atoms with Crippen LogP contribution in [0.15, 0.2) is 30.6 Å². The normalized spacial score (nSPS) is 20.4. The van der Waals surface area contributed by atoms with Crippen LogP contribution in [0.1, 0.15) is 26.2 Å². The first-order chi connectivity index (χ1) is 8.24. The van der Waals surface area contributed by atoms with Gasteiger partial charge in [0.2, 0.25) is 5.91 Å². The zero-order chi connectivity index (χ0) is 12.1. The van der Waals surface area contributed by atoms with Gasteiger partial charge in [-0.05, 0) is 31.7 Å². The number of hydrogen-bond donors (Lipinski definition) is 1. The standard InChI is InChI=1S/C13H19N3O/c1-11(10-16-8-4-7-14-16)15-13(17)9-12-5-2-3-6-12/h2,4-5,7-8,11-12H,3,6,9-10H2,1H3,(H,15,17)/t11-,12+/m1/s1. The third kappa shape index (κ3) is 3.73. The lowest BCUT2D eigenvalue weighted by Crippen LogP contribution is -2.36. The van der Waals surface area contributed by atoms with E-state index in [2.05, 4.69) is 22.6 Å². The van der Waals surface area contributed by atoms with Gasteiger partial charge in [-0.2, -0.15) is 5.10 Å². The molecule has 2 atom stereocenters. The summed E-state index contributed by atoms with van der Waals surface area (Å²) in [7, 11) is 0. The fraction of sp³-hybridized carbons (Fsp3) is 0.538. The Morgan fingerprint density at radius 3 is 3.18 bits per heavy atom. The summed E-state index contributed by atoms with van der Waals surface area (Å²) in [4.78, 5) is 11.8. The molecule has 0 spiro atoms. The van der Waals surface area contributed by atoms with E-state index in [1.54, 1.807) is 6.20 Å². The van der Waals surface area contributed by atoms with Crippen molar-refractivity contribution in [1.29, 1.82) is 0 Å². The molecule has 1 aliphatic rings. The molecule has 0 unspecified atom stereocenters. The summed E-state index contributed by atoms with van der Waals surface area (Å²) in [6, 6.07) is 2.01. The second-order valence-electron chi connectivity index (χ2n) is 4.67. The molecule has 2 rings (SSSR count). The molecule has 92 valence electrons. The molecule has 0 radical (unpaired) electrons. The second-order valence-corrected chi connectivity index (χ2v) is 4.67. The summed E-state index contributed by atoms with van der Waals surface area (Å²) in [6.45, 7) is 2.73. The number of nitrogens with one attached hydrogen (secondary N) is 1. The minimum atomic E-state index is 0.118. The third-order valence-corrected chi connectivity index (χ3v) is 2.99. The molecule has 1 aromatic rings. The maximum atomic E-state index is 11.8. The Morgan fingerprint density at radius 2 is 2.53 bits per heavy atom. The first kappa shape index (κ1) is 11.9. The molecule has 0 aliphatic heterocycles. The first-order valence-corrected chi connectivity index (χ1v) is 6.17. The van der Waals surface area contributed by atoms with Crippen molar-refractivity contribution in [2.75, 3.05) is 0 Å². The molecule has 17 heavy (non-hydrogen) atoms. The molecule has 4 nitrogen and oxygen atoms in total. The van der Waals surface area contributed by atoms with E-state index in [0.29, 0.717) is 12.3 Å². The number of carbonyl (C=O) groups excluding carboxylic acids is 1. The number of allylic oxidation sites excluding steroid dienone is 2. The third-order valence-electron chi connectivity index (χ3n) is 2.99. The molecule has 0 fully saturated rings. The zero-order valence-electron chi connectivity index (χ0n) is 10.2. The highest BCUT2D eigenvalue weighted by molar-refractivity contribution is 5.76. The highest BCUT2D eigenvalue weighted by Gasteiger charge is 2.15. The van der Waals surface area contributed by atoms with Crippen LogP contribution >= 0.6 is 0 Å². The lowest BCUT2D eigenvalue weighted by Gasteiger charge is -2.15. The van der Waals surface area contributed by atoms with Crippen LogP contribution in [0.3, 0.4) is 0 Å². The maximum absolute atomic E-state index is 11.8. The van der Waals surface area contributed by atoms with Crippen LogP contribution in [0.2, 0.25) is 0 Å². The van der Waals surface area contributed by atoms with Gasteiger partial charge >= 0.3 is 0 Å². The van der Waals surface area contributed by atoms with Crippen molar-refractivity contribution >= 4 is 5.91 Å². The van der Waals surface area contributed by atoms with Crippen LogP contribution in [-0.4, -0.2) is 21.7 Å². The lowest BCUT2D eigenvalue weighted by atomic mass is 10.0. The average Bonchev–Trinajstić information content (AvgIpc) is 2.90. The topological polar surface area (TPSA) is 46.9 Å². The van der Waals surface area contributed by atoms with Gasteiger partial charge in [0.1, 0.15) is 0 Å². The molecule has 0 aromatic carbocycles. The van der Waals surface area contributed by atoms with E-state index in [1.165, 1.54) is 0 Å². The Kier molecular flexibility index (Phi) is 3.96. The SMILES string of the molecule is C[C@H](Cn1cccn1)NC(=O)C[C@H]1C=CCC1. The van der Waals surface area contributed by atoms with Crippen LogP contribution in [-0.2, 0) is 11.3 Å². The fourth-order valence-corrected chi connectivity index (χ4v) is 2.17. The second kappa shape index (κ2) is 5.66. The van der Waals surface area contributed by atoms with E-state index in [4.69, 9.17) is 0 Å². The van der Waals surface area contributed by atoms with Crippen LogP contribution in [0, 0.1) is 5.92 Å². The molecule has 1 aliphatic carbocycles. The van der Waals surface area contributed by atoms with Crippen molar-refractivity contribution in [2.24, 2.45) is 5.92 Å². The summed E-state index contributed by atoms with van der Waals surface area (Å²) >= 11 is 0. The van der Waals surface area contributed by atoms with Gasteiger partial charge in [0.25, 0.3) is 0 Å². The minimum absolute atomic E-state index is 0.118. The summed E-state index contributed by atoms with van der Waals surface area (Å²) in [6.07, 6.45) is 10.8. The number of aromatic nitrogens is 2. The summed E-state index contributed by atoms with van der Waals surface area (Å²) in [5, 5.41) is 7.13. The quantitative estimate of drug-likeness (QED) is 0.787. The van der Waals surface area contributed by atoms with Crippen molar-refractivity contribution in [3.8, 4) is 0 Å². The summed E-state index contributed by atoms with van der Waals surface area (Å²) < 4.78 is 1.83. The van der Waals surface area contributed by atoms with Crippen molar-refractivity contribution in [3.05, 3.63) is 30.6 Å². The molecule has 1 aromatic heterocycles. The van der Waals surface area contributed by atoms with E-state index in [0.717, 1.165) is 19.4 Å². The van der Waals surface area contributed by atoms with Crippen molar-refractivity contribution in [1.82, 2.24) is 15.1 Å². The molecule has 0 saturated carbocycles. The molecule has 1 N–H and O–H groups in total. The monoisotopic (exact) mass is 233 g/mol.